The van der Waals surface area contributed by atoms with Gasteiger partial charge >= 0.3 is 0 Å². The molecular formula is C25H25BrN2O4. The number of hydrogen-bond donors (Lipinski definition) is 1. The van der Waals surface area contributed by atoms with Gasteiger partial charge in [-0.15, -0.1) is 0 Å². The Morgan fingerprint density at radius 3 is 2.53 bits per heavy atom. The second-order valence-corrected chi connectivity index (χ2v) is 7.76. The highest BCUT2D eigenvalue weighted by atomic mass is 79.9. The van der Waals surface area contributed by atoms with E-state index in [1.54, 1.807) is 37.6 Å². The molecule has 0 atom stereocenters. The normalized spacial score (nSPS) is 10.8. The summed E-state index contributed by atoms with van der Waals surface area (Å²) in [4.78, 5) is 12.3. The summed E-state index contributed by atoms with van der Waals surface area (Å²) < 4.78 is 17.7. The molecule has 1 amide bonds. The molecule has 0 fully saturated rings. The Kier molecular flexibility index (Phi) is 8.27. The number of ether oxygens (including phenoxy) is 3. The Morgan fingerprint density at radius 2 is 1.84 bits per heavy atom. The third-order valence-corrected chi connectivity index (χ3v) is 5.29. The largest absolute Gasteiger partial charge is 0.497 e. The molecule has 166 valence electrons. The van der Waals surface area contributed by atoms with Gasteiger partial charge in [-0.05, 0) is 82.9 Å². The lowest BCUT2D eigenvalue weighted by atomic mass is 10.1. The summed E-state index contributed by atoms with van der Waals surface area (Å²) in [5.41, 5.74) is 6.03. The molecule has 0 aliphatic rings. The van der Waals surface area contributed by atoms with Crippen LogP contribution < -0.4 is 19.6 Å². The molecule has 0 bridgehead atoms. The lowest BCUT2D eigenvalue weighted by molar-refractivity contribution is 0.0955. The van der Waals surface area contributed by atoms with E-state index in [-0.39, 0.29) is 5.91 Å². The van der Waals surface area contributed by atoms with Gasteiger partial charge in [-0.25, -0.2) is 5.43 Å². The molecule has 0 aliphatic carbocycles. The number of aryl methyl sites for hydroxylation is 1. The predicted molar refractivity (Wildman–Crippen MR) is 129 cm³/mol. The Balaban J connectivity index is 1.71. The maximum absolute atomic E-state index is 12.3. The monoisotopic (exact) mass is 496 g/mol. The molecule has 0 aliphatic heterocycles. The number of carbonyl (C=O) groups excluding carboxylic acids is 1. The van der Waals surface area contributed by atoms with Gasteiger partial charge in [-0.1, -0.05) is 24.3 Å². The van der Waals surface area contributed by atoms with E-state index < -0.39 is 0 Å². The minimum absolute atomic E-state index is 0.314. The average Bonchev–Trinajstić information content (AvgIpc) is 2.80. The van der Waals surface area contributed by atoms with Gasteiger partial charge in [0.1, 0.15) is 12.4 Å². The third kappa shape index (κ3) is 6.11. The summed E-state index contributed by atoms with van der Waals surface area (Å²) in [6, 6.07) is 18.6. The number of benzene rings is 3. The number of nitrogens with zero attached hydrogens (tertiary/aromatic N) is 1. The maximum atomic E-state index is 12.3. The van der Waals surface area contributed by atoms with Crippen molar-refractivity contribution in [2.45, 2.75) is 20.5 Å². The molecular weight excluding hydrogens is 472 g/mol. The van der Waals surface area contributed by atoms with Crippen molar-refractivity contribution in [3.63, 3.8) is 0 Å². The van der Waals surface area contributed by atoms with Crippen LogP contribution in [0.25, 0.3) is 0 Å². The summed E-state index contributed by atoms with van der Waals surface area (Å²) >= 11 is 3.57. The van der Waals surface area contributed by atoms with E-state index >= 15 is 0 Å². The predicted octanol–water partition coefficient (Wildman–Crippen LogP) is 5.51. The first kappa shape index (κ1) is 23.3. The molecule has 3 rings (SSSR count). The maximum Gasteiger partial charge on any atom is 0.271 e. The Hall–Kier alpha value is -3.32. The van der Waals surface area contributed by atoms with E-state index in [4.69, 9.17) is 14.2 Å². The molecule has 3 aromatic carbocycles. The standard InChI is InChI=1S/C25H25BrN2O4/c1-4-31-23-14-18(15-27-28-25(29)19-9-11-21(30-3)12-10-19)13-22(26)24(23)32-16-20-8-6-5-7-17(20)2/h5-15H,4,16H2,1-3H3,(H,28,29)/b27-15+. The van der Waals surface area contributed by atoms with Crippen LogP contribution in [-0.2, 0) is 6.61 Å². The smallest absolute Gasteiger partial charge is 0.271 e. The summed E-state index contributed by atoms with van der Waals surface area (Å²) in [6.07, 6.45) is 1.56. The summed E-state index contributed by atoms with van der Waals surface area (Å²) in [5.74, 6) is 1.59. The average molecular weight is 497 g/mol. The van der Waals surface area contributed by atoms with Gasteiger partial charge in [-0.2, -0.15) is 5.10 Å². The summed E-state index contributed by atoms with van der Waals surface area (Å²) in [6.45, 7) is 4.88. The van der Waals surface area contributed by atoms with E-state index in [1.807, 2.05) is 37.3 Å². The highest BCUT2D eigenvalue weighted by Gasteiger charge is 2.13. The number of hydrogen-bond acceptors (Lipinski definition) is 5. The number of amides is 1. The quantitative estimate of drug-likeness (QED) is 0.313. The van der Waals surface area contributed by atoms with Gasteiger partial charge in [0.2, 0.25) is 0 Å². The van der Waals surface area contributed by atoms with Crippen molar-refractivity contribution in [1.82, 2.24) is 5.43 Å². The van der Waals surface area contributed by atoms with E-state index in [0.29, 0.717) is 36.0 Å². The Labute approximate surface area is 196 Å². The van der Waals surface area contributed by atoms with E-state index in [0.717, 1.165) is 21.2 Å². The van der Waals surface area contributed by atoms with Crippen LogP contribution in [0.4, 0.5) is 0 Å². The zero-order valence-corrected chi connectivity index (χ0v) is 19.8. The molecule has 1 N–H and O–H groups in total. The zero-order chi connectivity index (χ0) is 22.9. The number of rotatable bonds is 9. The number of nitrogens with one attached hydrogen (secondary N) is 1. The van der Waals surface area contributed by atoms with Crippen LogP contribution in [0.2, 0.25) is 0 Å². The summed E-state index contributed by atoms with van der Waals surface area (Å²) in [5, 5.41) is 4.06. The Morgan fingerprint density at radius 1 is 1.09 bits per heavy atom. The minimum atomic E-state index is -0.314. The number of carbonyl (C=O) groups is 1. The molecule has 0 saturated heterocycles. The first-order valence-corrected chi connectivity index (χ1v) is 10.9. The van der Waals surface area contributed by atoms with Gasteiger partial charge in [-0.3, -0.25) is 4.79 Å². The topological polar surface area (TPSA) is 69.2 Å². The van der Waals surface area contributed by atoms with Crippen molar-refractivity contribution in [1.29, 1.82) is 0 Å². The van der Waals surface area contributed by atoms with Crippen LogP contribution in [0, 0.1) is 6.92 Å². The van der Waals surface area contributed by atoms with Gasteiger partial charge < -0.3 is 14.2 Å². The number of halogens is 1. The number of hydrazone groups is 1. The lowest BCUT2D eigenvalue weighted by Gasteiger charge is -2.15. The molecule has 32 heavy (non-hydrogen) atoms. The summed E-state index contributed by atoms with van der Waals surface area (Å²) in [7, 11) is 1.58. The van der Waals surface area contributed by atoms with Gasteiger partial charge in [0.05, 0.1) is 24.4 Å². The van der Waals surface area contributed by atoms with E-state index in [1.165, 1.54) is 0 Å². The van der Waals surface area contributed by atoms with Gasteiger partial charge in [0, 0.05) is 5.56 Å². The highest BCUT2D eigenvalue weighted by molar-refractivity contribution is 9.10. The second-order valence-electron chi connectivity index (χ2n) is 6.91. The lowest BCUT2D eigenvalue weighted by Crippen LogP contribution is -2.17. The van der Waals surface area contributed by atoms with E-state index in [2.05, 4.69) is 39.4 Å². The van der Waals surface area contributed by atoms with E-state index in [9.17, 15) is 4.79 Å². The minimum Gasteiger partial charge on any atom is -0.497 e. The van der Waals surface area contributed by atoms with Gasteiger partial charge in [0.25, 0.3) is 5.91 Å². The van der Waals surface area contributed by atoms with Crippen LogP contribution >= 0.6 is 15.9 Å². The van der Waals surface area contributed by atoms with Gasteiger partial charge in [0.15, 0.2) is 11.5 Å². The van der Waals surface area contributed by atoms with Crippen LogP contribution in [-0.4, -0.2) is 25.8 Å². The second kappa shape index (κ2) is 11.3. The van der Waals surface area contributed by atoms with Crippen molar-refractivity contribution in [3.05, 3.63) is 87.4 Å². The molecule has 0 heterocycles. The fourth-order valence-corrected chi connectivity index (χ4v) is 3.53. The van der Waals surface area contributed by atoms with Crippen LogP contribution in [0.1, 0.15) is 34.0 Å². The van der Waals surface area contributed by atoms with Crippen molar-refractivity contribution in [3.8, 4) is 17.2 Å². The highest BCUT2D eigenvalue weighted by Crippen LogP contribution is 2.37. The van der Waals surface area contributed by atoms with Crippen molar-refractivity contribution < 1.29 is 19.0 Å². The molecule has 0 aromatic heterocycles. The first-order chi connectivity index (χ1) is 15.5. The zero-order valence-electron chi connectivity index (χ0n) is 18.2. The fourth-order valence-electron chi connectivity index (χ4n) is 2.96. The molecule has 3 aromatic rings. The van der Waals surface area contributed by atoms with Crippen LogP contribution in [0.15, 0.2) is 70.2 Å². The third-order valence-electron chi connectivity index (χ3n) is 4.70. The van der Waals surface area contributed by atoms with Crippen LogP contribution in [0.3, 0.4) is 0 Å². The molecule has 0 unspecified atom stereocenters. The first-order valence-electron chi connectivity index (χ1n) is 10.1. The fraction of sp³-hybridized carbons (Fsp3) is 0.200. The molecule has 6 nitrogen and oxygen atoms in total. The SMILES string of the molecule is CCOc1cc(/C=N/NC(=O)c2ccc(OC)cc2)cc(Br)c1OCc1ccccc1C. The van der Waals surface area contributed by atoms with Crippen LogP contribution in [0.5, 0.6) is 17.2 Å². The molecule has 0 radical (unpaired) electrons. The number of methoxy groups -OCH3 is 1. The molecule has 0 spiro atoms. The Bertz CT molecular complexity index is 1100. The molecule has 7 heteroatoms. The van der Waals surface area contributed by atoms with Crippen molar-refractivity contribution in [2.24, 2.45) is 5.10 Å². The van der Waals surface area contributed by atoms with Crippen molar-refractivity contribution in [2.75, 3.05) is 13.7 Å². The molecule has 0 saturated carbocycles. The van der Waals surface area contributed by atoms with Crippen molar-refractivity contribution >= 4 is 28.1 Å².